The minimum absolute atomic E-state index is 0.355. The highest BCUT2D eigenvalue weighted by Gasteiger charge is 2.52. The maximum absolute atomic E-state index is 6.00. The molecule has 92 valence electrons. The van der Waals surface area contributed by atoms with Gasteiger partial charge in [0.15, 0.2) is 0 Å². The Morgan fingerprint density at radius 1 is 1.06 bits per heavy atom. The maximum atomic E-state index is 6.00. The summed E-state index contributed by atoms with van der Waals surface area (Å²) in [5, 5.41) is 3.47. The van der Waals surface area contributed by atoms with E-state index in [-0.39, 0.29) is 0 Å². The molecule has 3 rings (SSSR count). The molecule has 3 aliphatic rings. The van der Waals surface area contributed by atoms with Gasteiger partial charge in [0.1, 0.15) is 0 Å². The van der Waals surface area contributed by atoms with Crippen molar-refractivity contribution in [2.45, 2.75) is 38.2 Å². The normalized spacial score (nSPS) is 35.6. The van der Waals surface area contributed by atoms with E-state index < -0.39 is 0 Å². The summed E-state index contributed by atoms with van der Waals surface area (Å²) in [6.07, 6.45) is 7.43. The van der Waals surface area contributed by atoms with Gasteiger partial charge in [-0.15, -0.1) is 0 Å². The summed E-state index contributed by atoms with van der Waals surface area (Å²) in [6.45, 7) is 4.78. The highest BCUT2D eigenvalue weighted by Crippen LogP contribution is 2.47. The van der Waals surface area contributed by atoms with Gasteiger partial charge in [-0.1, -0.05) is 19.3 Å². The van der Waals surface area contributed by atoms with E-state index in [1.807, 2.05) is 0 Å². The van der Waals surface area contributed by atoms with Crippen molar-refractivity contribution in [3.63, 3.8) is 0 Å². The second-order valence-electron chi connectivity index (χ2n) is 5.62. The van der Waals surface area contributed by atoms with E-state index in [1.54, 1.807) is 0 Å². The van der Waals surface area contributed by atoms with Crippen LogP contribution in [0.4, 0.5) is 0 Å². The van der Waals surface area contributed by atoms with Crippen LogP contribution in [-0.4, -0.2) is 39.0 Å². The number of morpholine rings is 1. The van der Waals surface area contributed by atoms with Gasteiger partial charge < -0.3 is 14.8 Å². The van der Waals surface area contributed by atoms with Gasteiger partial charge in [-0.05, 0) is 18.8 Å². The second-order valence-corrected chi connectivity index (χ2v) is 5.62. The summed E-state index contributed by atoms with van der Waals surface area (Å²) >= 11 is 0. The quantitative estimate of drug-likeness (QED) is 0.774. The Morgan fingerprint density at radius 3 is 2.44 bits per heavy atom. The first-order valence-corrected chi connectivity index (χ1v) is 6.82. The van der Waals surface area contributed by atoms with Crippen molar-refractivity contribution in [2.75, 3.05) is 32.9 Å². The summed E-state index contributed by atoms with van der Waals surface area (Å²) in [7, 11) is 0. The monoisotopic (exact) mass is 225 g/mol. The number of hydrogen-bond acceptors (Lipinski definition) is 3. The lowest BCUT2D eigenvalue weighted by Crippen LogP contribution is -2.61. The first-order chi connectivity index (χ1) is 7.92. The molecule has 2 aliphatic heterocycles. The third-order valence-electron chi connectivity index (χ3n) is 4.73. The zero-order valence-corrected chi connectivity index (χ0v) is 10.0. The van der Waals surface area contributed by atoms with Crippen LogP contribution in [0.15, 0.2) is 0 Å². The van der Waals surface area contributed by atoms with Crippen LogP contribution in [-0.2, 0) is 9.47 Å². The second kappa shape index (κ2) is 4.63. The molecule has 0 bridgehead atoms. The lowest BCUT2D eigenvalue weighted by molar-refractivity contribution is -0.223. The van der Waals surface area contributed by atoms with Gasteiger partial charge in [-0.2, -0.15) is 0 Å². The maximum Gasteiger partial charge on any atom is 0.0803 e. The first kappa shape index (κ1) is 11.0. The molecule has 0 radical (unpaired) electrons. The summed E-state index contributed by atoms with van der Waals surface area (Å²) in [6, 6.07) is 0. The number of ether oxygens (including phenoxy) is 2. The van der Waals surface area contributed by atoms with Crippen LogP contribution < -0.4 is 5.32 Å². The predicted octanol–water partition coefficient (Wildman–Crippen LogP) is 1.57. The average Bonchev–Trinajstić information content (AvgIpc) is 2.31. The number of hydrogen-bond donors (Lipinski definition) is 1. The van der Waals surface area contributed by atoms with Crippen LogP contribution in [0.25, 0.3) is 0 Å². The fourth-order valence-electron chi connectivity index (χ4n) is 3.63. The fraction of sp³-hybridized carbons (Fsp3) is 1.00. The molecule has 2 saturated heterocycles. The molecule has 16 heavy (non-hydrogen) atoms. The van der Waals surface area contributed by atoms with E-state index >= 15 is 0 Å². The molecule has 0 aromatic heterocycles. The van der Waals surface area contributed by atoms with E-state index in [2.05, 4.69) is 5.32 Å². The van der Waals surface area contributed by atoms with Gasteiger partial charge in [0.25, 0.3) is 0 Å². The van der Waals surface area contributed by atoms with Gasteiger partial charge in [0.05, 0.1) is 25.9 Å². The third-order valence-corrected chi connectivity index (χ3v) is 4.73. The molecule has 0 aromatic rings. The molecule has 1 saturated carbocycles. The van der Waals surface area contributed by atoms with E-state index in [4.69, 9.17) is 9.47 Å². The van der Waals surface area contributed by atoms with Gasteiger partial charge in [0, 0.05) is 18.5 Å². The summed E-state index contributed by atoms with van der Waals surface area (Å²) in [5.74, 6) is 0.847. The SMILES string of the molecule is C1CCC(C2(C3CNCCO3)COC2)CC1. The minimum Gasteiger partial charge on any atom is -0.380 e. The van der Waals surface area contributed by atoms with Crippen molar-refractivity contribution >= 4 is 0 Å². The lowest BCUT2D eigenvalue weighted by Gasteiger charge is -2.53. The molecular formula is C13H23NO2. The average molecular weight is 225 g/mol. The number of nitrogens with one attached hydrogen (secondary N) is 1. The molecule has 1 aliphatic carbocycles. The van der Waals surface area contributed by atoms with Gasteiger partial charge in [-0.3, -0.25) is 0 Å². The van der Waals surface area contributed by atoms with Crippen LogP contribution in [0.2, 0.25) is 0 Å². The molecule has 1 N–H and O–H groups in total. The van der Waals surface area contributed by atoms with Crippen molar-refractivity contribution in [3.8, 4) is 0 Å². The molecule has 1 atom stereocenters. The van der Waals surface area contributed by atoms with E-state index in [0.29, 0.717) is 11.5 Å². The fourth-order valence-corrected chi connectivity index (χ4v) is 3.63. The first-order valence-electron chi connectivity index (χ1n) is 6.82. The van der Waals surface area contributed by atoms with Crippen molar-refractivity contribution in [2.24, 2.45) is 11.3 Å². The standard InChI is InChI=1S/C13H23NO2/c1-2-4-11(5-3-1)13(9-15-10-13)12-8-14-6-7-16-12/h11-12,14H,1-10H2. The predicted molar refractivity (Wildman–Crippen MR) is 62.4 cm³/mol. The molecule has 0 amide bonds. The Hall–Kier alpha value is -0.120. The minimum atomic E-state index is 0.355. The van der Waals surface area contributed by atoms with Gasteiger partial charge >= 0.3 is 0 Å². The zero-order valence-electron chi connectivity index (χ0n) is 10.0. The smallest absolute Gasteiger partial charge is 0.0803 e. The van der Waals surface area contributed by atoms with Crippen LogP contribution in [0.5, 0.6) is 0 Å². The third kappa shape index (κ3) is 1.79. The largest absolute Gasteiger partial charge is 0.380 e. The Kier molecular flexibility index (Phi) is 3.18. The lowest BCUT2D eigenvalue weighted by atomic mass is 9.64. The molecule has 1 unspecified atom stereocenters. The van der Waals surface area contributed by atoms with Crippen molar-refractivity contribution < 1.29 is 9.47 Å². The van der Waals surface area contributed by atoms with Crippen LogP contribution in [0.1, 0.15) is 32.1 Å². The van der Waals surface area contributed by atoms with Crippen molar-refractivity contribution in [1.82, 2.24) is 5.32 Å². The highest BCUT2D eigenvalue weighted by molar-refractivity contribution is 5.00. The Morgan fingerprint density at radius 2 is 1.88 bits per heavy atom. The van der Waals surface area contributed by atoms with Crippen LogP contribution in [0, 0.1) is 11.3 Å². The van der Waals surface area contributed by atoms with Crippen LogP contribution >= 0.6 is 0 Å². The molecule has 0 aromatic carbocycles. The van der Waals surface area contributed by atoms with Gasteiger partial charge in [-0.25, -0.2) is 0 Å². The highest BCUT2D eigenvalue weighted by atomic mass is 16.5. The van der Waals surface area contributed by atoms with Crippen LogP contribution in [0.3, 0.4) is 0 Å². The molecule has 3 nitrogen and oxygen atoms in total. The molecule has 3 heteroatoms. The zero-order chi connectivity index (χ0) is 10.8. The summed E-state index contributed by atoms with van der Waals surface area (Å²) in [4.78, 5) is 0. The molecule has 0 spiro atoms. The molecule has 3 fully saturated rings. The Labute approximate surface area is 97.9 Å². The molecular weight excluding hydrogens is 202 g/mol. The van der Waals surface area contributed by atoms with Gasteiger partial charge in [0.2, 0.25) is 0 Å². The number of rotatable bonds is 2. The van der Waals surface area contributed by atoms with E-state index in [1.165, 1.54) is 32.1 Å². The Balaban J connectivity index is 1.70. The van der Waals surface area contributed by atoms with Crippen molar-refractivity contribution in [3.05, 3.63) is 0 Å². The van der Waals surface area contributed by atoms with E-state index in [9.17, 15) is 0 Å². The van der Waals surface area contributed by atoms with Crippen molar-refractivity contribution in [1.29, 1.82) is 0 Å². The Bertz CT molecular complexity index is 208. The molecule has 2 heterocycles. The topological polar surface area (TPSA) is 30.5 Å². The summed E-state index contributed by atoms with van der Waals surface area (Å²) in [5.41, 5.74) is 0.355. The van der Waals surface area contributed by atoms with E-state index in [0.717, 1.165) is 38.8 Å². The summed E-state index contributed by atoms with van der Waals surface area (Å²) < 4.78 is 11.5.